The largest absolute Gasteiger partial charge is 0.255 e. The second-order valence-electron chi connectivity index (χ2n) is 3.35. The average molecular weight is 285 g/mol. The van der Waals surface area contributed by atoms with Gasteiger partial charge in [0.2, 0.25) is 0 Å². The molecule has 0 bridgehead atoms. The molecule has 0 saturated carbocycles. The number of nitrogens with zero attached hydrogens (tertiary/aromatic N) is 1. The van der Waals surface area contributed by atoms with Crippen molar-refractivity contribution in [2.75, 3.05) is 0 Å². The molecule has 0 aliphatic heterocycles. The molecule has 0 N–H and O–H groups in total. The Morgan fingerprint density at radius 1 is 0.824 bits per heavy atom. The van der Waals surface area contributed by atoms with Crippen molar-refractivity contribution < 1.29 is 0 Å². The molecule has 0 atom stereocenters. The molecule has 0 aliphatic carbocycles. The van der Waals surface area contributed by atoms with Gasteiger partial charge in [-0.05, 0) is 18.2 Å². The molecule has 4 heteroatoms. The summed E-state index contributed by atoms with van der Waals surface area (Å²) >= 11 is 17.9. The van der Waals surface area contributed by atoms with Crippen molar-refractivity contribution in [2.45, 2.75) is 0 Å². The first-order valence-electron chi connectivity index (χ1n) is 4.91. The number of hydrogen-bond donors (Lipinski definition) is 0. The van der Waals surface area contributed by atoms with E-state index in [9.17, 15) is 0 Å². The number of halogens is 3. The fourth-order valence-corrected chi connectivity index (χ4v) is 1.84. The third-order valence-electron chi connectivity index (χ3n) is 2.18. The predicted molar refractivity (Wildman–Crippen MR) is 75.2 cm³/mol. The minimum absolute atomic E-state index is 0.442. The van der Waals surface area contributed by atoms with E-state index in [1.54, 1.807) is 24.4 Å². The van der Waals surface area contributed by atoms with Crippen LogP contribution in [-0.2, 0) is 0 Å². The fourth-order valence-electron chi connectivity index (χ4n) is 1.31. The normalized spacial score (nSPS) is 11.0. The van der Waals surface area contributed by atoms with Crippen molar-refractivity contribution in [3.8, 4) is 0 Å². The van der Waals surface area contributed by atoms with Crippen molar-refractivity contribution in [3.63, 3.8) is 0 Å². The molecule has 0 saturated heterocycles. The second kappa shape index (κ2) is 5.54. The lowest BCUT2D eigenvalue weighted by Crippen LogP contribution is -1.81. The lowest BCUT2D eigenvalue weighted by molar-refractivity contribution is 1.52. The molecule has 0 fully saturated rings. The molecule has 0 aromatic heterocycles. The van der Waals surface area contributed by atoms with Gasteiger partial charge in [-0.25, -0.2) is 0 Å². The Morgan fingerprint density at radius 3 is 2.29 bits per heavy atom. The van der Waals surface area contributed by atoms with Crippen molar-refractivity contribution in [1.82, 2.24) is 0 Å². The first-order chi connectivity index (χ1) is 8.18. The Hall–Kier alpha value is -1.02. The van der Waals surface area contributed by atoms with E-state index in [0.29, 0.717) is 20.8 Å². The number of aliphatic imine (C=N–C) groups is 1. The van der Waals surface area contributed by atoms with Gasteiger partial charge in [-0.2, -0.15) is 0 Å². The maximum absolute atomic E-state index is 6.02. The van der Waals surface area contributed by atoms with Crippen LogP contribution < -0.4 is 0 Å². The van der Waals surface area contributed by atoms with Crippen LogP contribution in [0.15, 0.2) is 47.5 Å². The molecule has 0 unspecified atom stereocenters. The Balaban J connectivity index is 2.33. The summed E-state index contributed by atoms with van der Waals surface area (Å²) in [6.45, 7) is 0. The van der Waals surface area contributed by atoms with Gasteiger partial charge in [-0.15, -0.1) is 0 Å². The van der Waals surface area contributed by atoms with Crippen LogP contribution in [-0.4, -0.2) is 6.21 Å². The standard InChI is InChI=1S/C13H8Cl3N/c14-10-5-2-1-4-9(10)8-17-12-7-3-6-11(15)13(12)16/h1-8H/b17-8+. The summed E-state index contributed by atoms with van der Waals surface area (Å²) in [4.78, 5) is 4.27. The van der Waals surface area contributed by atoms with Crippen molar-refractivity contribution in [3.05, 3.63) is 63.1 Å². The Kier molecular flexibility index (Phi) is 4.06. The first kappa shape index (κ1) is 12.4. The minimum atomic E-state index is 0.442. The number of rotatable bonds is 2. The monoisotopic (exact) mass is 283 g/mol. The predicted octanol–water partition coefficient (Wildman–Crippen LogP) is 5.40. The summed E-state index contributed by atoms with van der Waals surface area (Å²) in [5.41, 5.74) is 1.46. The van der Waals surface area contributed by atoms with Crippen molar-refractivity contribution in [1.29, 1.82) is 0 Å². The third kappa shape index (κ3) is 3.01. The van der Waals surface area contributed by atoms with Crippen LogP contribution in [0.3, 0.4) is 0 Å². The molecule has 2 aromatic carbocycles. The Morgan fingerprint density at radius 2 is 1.53 bits per heavy atom. The van der Waals surface area contributed by atoms with Gasteiger partial charge >= 0.3 is 0 Å². The van der Waals surface area contributed by atoms with Crippen LogP contribution in [0.4, 0.5) is 5.69 Å². The Labute approximate surface area is 115 Å². The average Bonchev–Trinajstić information content (AvgIpc) is 2.33. The molecule has 1 nitrogen and oxygen atoms in total. The van der Waals surface area contributed by atoms with Crippen molar-refractivity contribution in [2.24, 2.45) is 4.99 Å². The van der Waals surface area contributed by atoms with Crippen LogP contribution >= 0.6 is 34.8 Å². The fraction of sp³-hybridized carbons (Fsp3) is 0. The summed E-state index contributed by atoms with van der Waals surface area (Å²) in [5, 5.41) is 1.58. The lowest BCUT2D eigenvalue weighted by atomic mass is 10.2. The van der Waals surface area contributed by atoms with Crippen LogP contribution in [0.1, 0.15) is 5.56 Å². The van der Waals surface area contributed by atoms with Gasteiger partial charge in [0, 0.05) is 16.8 Å². The van der Waals surface area contributed by atoms with Gasteiger partial charge < -0.3 is 0 Å². The zero-order valence-electron chi connectivity index (χ0n) is 8.70. The van der Waals surface area contributed by atoms with E-state index in [4.69, 9.17) is 34.8 Å². The Bertz CT molecular complexity index is 564. The maximum atomic E-state index is 6.02. The molecule has 2 aromatic rings. The molecular formula is C13H8Cl3N. The van der Waals surface area contributed by atoms with E-state index in [2.05, 4.69) is 4.99 Å². The van der Waals surface area contributed by atoms with Gasteiger partial charge in [0.1, 0.15) is 0 Å². The van der Waals surface area contributed by atoms with Crippen LogP contribution in [0.5, 0.6) is 0 Å². The molecule has 0 amide bonds. The molecule has 17 heavy (non-hydrogen) atoms. The highest BCUT2D eigenvalue weighted by Gasteiger charge is 2.02. The second-order valence-corrected chi connectivity index (χ2v) is 4.55. The van der Waals surface area contributed by atoms with E-state index >= 15 is 0 Å². The molecule has 0 radical (unpaired) electrons. The van der Waals surface area contributed by atoms with Gasteiger partial charge in [-0.3, -0.25) is 4.99 Å². The lowest BCUT2D eigenvalue weighted by Gasteiger charge is -2.00. The summed E-state index contributed by atoms with van der Waals surface area (Å²) < 4.78 is 0. The SMILES string of the molecule is Clc1ccccc1/C=N/c1cccc(Cl)c1Cl. The van der Waals surface area contributed by atoms with Crippen LogP contribution in [0, 0.1) is 0 Å². The summed E-state index contributed by atoms with van der Waals surface area (Å²) in [5.74, 6) is 0. The smallest absolute Gasteiger partial charge is 0.0848 e. The number of benzene rings is 2. The van der Waals surface area contributed by atoms with Gasteiger partial charge in [-0.1, -0.05) is 59.1 Å². The van der Waals surface area contributed by atoms with E-state index in [-0.39, 0.29) is 0 Å². The van der Waals surface area contributed by atoms with Crippen molar-refractivity contribution >= 4 is 46.7 Å². The highest BCUT2D eigenvalue weighted by atomic mass is 35.5. The molecule has 0 spiro atoms. The summed E-state index contributed by atoms with van der Waals surface area (Å²) in [7, 11) is 0. The van der Waals surface area contributed by atoms with E-state index < -0.39 is 0 Å². The van der Waals surface area contributed by atoms with Gasteiger partial charge in [0.25, 0.3) is 0 Å². The molecule has 2 rings (SSSR count). The molecule has 86 valence electrons. The van der Waals surface area contributed by atoms with E-state index in [0.717, 1.165) is 5.56 Å². The zero-order chi connectivity index (χ0) is 12.3. The molecule has 0 aliphatic rings. The third-order valence-corrected chi connectivity index (χ3v) is 3.33. The number of hydrogen-bond acceptors (Lipinski definition) is 1. The van der Waals surface area contributed by atoms with Crippen LogP contribution in [0.2, 0.25) is 15.1 Å². The summed E-state index contributed by atoms with van der Waals surface area (Å²) in [6.07, 6.45) is 1.67. The zero-order valence-corrected chi connectivity index (χ0v) is 11.0. The topological polar surface area (TPSA) is 12.4 Å². The van der Waals surface area contributed by atoms with E-state index in [1.165, 1.54) is 0 Å². The van der Waals surface area contributed by atoms with E-state index in [1.807, 2.05) is 24.3 Å². The van der Waals surface area contributed by atoms with Gasteiger partial charge in [0.15, 0.2) is 0 Å². The highest BCUT2D eigenvalue weighted by Crippen LogP contribution is 2.31. The van der Waals surface area contributed by atoms with Crippen LogP contribution in [0.25, 0.3) is 0 Å². The first-order valence-corrected chi connectivity index (χ1v) is 6.04. The highest BCUT2D eigenvalue weighted by molar-refractivity contribution is 6.43. The summed E-state index contributed by atoms with van der Waals surface area (Å²) in [6, 6.07) is 12.8. The van der Waals surface area contributed by atoms with Gasteiger partial charge in [0.05, 0.1) is 15.7 Å². The maximum Gasteiger partial charge on any atom is 0.0848 e. The molecular weight excluding hydrogens is 277 g/mol. The quantitative estimate of drug-likeness (QED) is 0.655. The minimum Gasteiger partial charge on any atom is -0.255 e. The molecule has 0 heterocycles.